The maximum Gasteiger partial charge on any atom is 0.255 e. The van der Waals surface area contributed by atoms with Crippen molar-refractivity contribution >= 4 is 5.91 Å². The average Bonchev–Trinajstić information content (AvgIpc) is 2.94. The molecule has 0 radical (unpaired) electrons. The molecule has 86 valence electrons. The Hall–Kier alpha value is -1.51. The molecule has 3 nitrogen and oxygen atoms in total. The lowest BCUT2D eigenvalue weighted by Crippen LogP contribution is -2.29. The topological polar surface area (TPSA) is 49.3 Å². The van der Waals surface area contributed by atoms with Gasteiger partial charge in [-0.05, 0) is 42.9 Å². The van der Waals surface area contributed by atoms with Crippen molar-refractivity contribution in [1.82, 2.24) is 5.32 Å². The highest BCUT2D eigenvalue weighted by atomic mass is 16.3. The van der Waals surface area contributed by atoms with Gasteiger partial charge in [-0.1, -0.05) is 13.0 Å². The standard InChI is InChI=1S/C13H17NO2/c1-9-3-4-10(11(15)7-9)12(16)14-8-13(2)5-6-13/h3-4,7,15H,5-6,8H2,1-2H3,(H,14,16). The van der Waals surface area contributed by atoms with E-state index >= 15 is 0 Å². The summed E-state index contributed by atoms with van der Waals surface area (Å²) in [5, 5.41) is 12.5. The predicted octanol–water partition coefficient (Wildman–Crippen LogP) is 2.23. The number of phenolic OH excluding ortho intramolecular Hbond substituents is 1. The van der Waals surface area contributed by atoms with Crippen LogP contribution in [0.15, 0.2) is 18.2 Å². The van der Waals surface area contributed by atoms with Crippen LogP contribution in [0.4, 0.5) is 0 Å². The van der Waals surface area contributed by atoms with Crippen LogP contribution < -0.4 is 5.32 Å². The van der Waals surface area contributed by atoms with Gasteiger partial charge in [0.05, 0.1) is 5.56 Å². The quantitative estimate of drug-likeness (QED) is 0.819. The number of hydrogen-bond donors (Lipinski definition) is 2. The van der Waals surface area contributed by atoms with Gasteiger partial charge in [-0.25, -0.2) is 0 Å². The van der Waals surface area contributed by atoms with Crippen LogP contribution in [0.1, 0.15) is 35.7 Å². The fourth-order valence-corrected chi connectivity index (χ4v) is 1.61. The van der Waals surface area contributed by atoms with Gasteiger partial charge < -0.3 is 10.4 Å². The third-order valence-corrected chi connectivity index (χ3v) is 3.18. The van der Waals surface area contributed by atoms with Gasteiger partial charge in [0.25, 0.3) is 5.91 Å². The molecule has 1 saturated carbocycles. The molecule has 0 heterocycles. The van der Waals surface area contributed by atoms with Gasteiger partial charge in [0.1, 0.15) is 5.75 Å². The van der Waals surface area contributed by atoms with Crippen LogP contribution in [-0.2, 0) is 0 Å². The number of nitrogens with one attached hydrogen (secondary N) is 1. The fourth-order valence-electron chi connectivity index (χ4n) is 1.61. The first-order valence-corrected chi connectivity index (χ1v) is 5.58. The van der Waals surface area contributed by atoms with Gasteiger partial charge >= 0.3 is 0 Å². The molecule has 1 fully saturated rings. The smallest absolute Gasteiger partial charge is 0.255 e. The largest absolute Gasteiger partial charge is 0.507 e. The molecule has 0 spiro atoms. The van der Waals surface area contributed by atoms with Crippen LogP contribution in [0.2, 0.25) is 0 Å². The Balaban J connectivity index is 2.02. The van der Waals surface area contributed by atoms with Crippen LogP contribution in [-0.4, -0.2) is 17.6 Å². The molecular formula is C13H17NO2. The number of amides is 1. The summed E-state index contributed by atoms with van der Waals surface area (Å²) in [5.41, 5.74) is 1.59. The van der Waals surface area contributed by atoms with Crippen molar-refractivity contribution in [2.75, 3.05) is 6.54 Å². The highest BCUT2D eigenvalue weighted by Crippen LogP contribution is 2.44. The van der Waals surface area contributed by atoms with Gasteiger partial charge in [0.15, 0.2) is 0 Å². The third kappa shape index (κ3) is 2.35. The van der Waals surface area contributed by atoms with E-state index in [4.69, 9.17) is 0 Å². The van der Waals surface area contributed by atoms with Crippen LogP contribution in [0.25, 0.3) is 0 Å². The molecule has 0 unspecified atom stereocenters. The molecule has 1 aromatic rings. The van der Waals surface area contributed by atoms with Crippen molar-refractivity contribution in [3.63, 3.8) is 0 Å². The lowest BCUT2D eigenvalue weighted by atomic mass is 10.1. The molecule has 1 aromatic carbocycles. The second-order valence-corrected chi connectivity index (χ2v) is 5.01. The maximum atomic E-state index is 11.8. The Morgan fingerprint density at radius 1 is 1.50 bits per heavy atom. The van der Waals surface area contributed by atoms with Crippen LogP contribution >= 0.6 is 0 Å². The molecule has 2 rings (SSSR count). The maximum absolute atomic E-state index is 11.8. The molecule has 3 heteroatoms. The summed E-state index contributed by atoms with van der Waals surface area (Å²) in [7, 11) is 0. The Kier molecular flexibility index (Phi) is 2.62. The summed E-state index contributed by atoms with van der Waals surface area (Å²) in [4.78, 5) is 11.8. The zero-order valence-corrected chi connectivity index (χ0v) is 9.71. The zero-order valence-electron chi connectivity index (χ0n) is 9.71. The van der Waals surface area contributed by atoms with Crippen molar-refractivity contribution in [1.29, 1.82) is 0 Å². The SMILES string of the molecule is Cc1ccc(C(=O)NCC2(C)CC2)c(O)c1. The van der Waals surface area contributed by atoms with Crippen molar-refractivity contribution in [3.8, 4) is 5.75 Å². The second-order valence-electron chi connectivity index (χ2n) is 5.01. The van der Waals surface area contributed by atoms with Gasteiger partial charge in [0.2, 0.25) is 0 Å². The molecule has 0 atom stereocenters. The number of phenols is 1. The molecule has 0 aliphatic heterocycles. The van der Waals surface area contributed by atoms with Gasteiger partial charge in [-0.3, -0.25) is 4.79 Å². The van der Waals surface area contributed by atoms with Crippen LogP contribution in [0.3, 0.4) is 0 Å². The number of aromatic hydroxyl groups is 1. The molecule has 1 amide bonds. The van der Waals surface area contributed by atoms with E-state index in [1.54, 1.807) is 12.1 Å². The van der Waals surface area contributed by atoms with Crippen molar-refractivity contribution in [2.24, 2.45) is 5.41 Å². The minimum Gasteiger partial charge on any atom is -0.507 e. The summed E-state index contributed by atoms with van der Waals surface area (Å²) in [6.45, 7) is 4.73. The van der Waals surface area contributed by atoms with Crippen LogP contribution in [0, 0.1) is 12.3 Å². The predicted molar refractivity (Wildman–Crippen MR) is 62.5 cm³/mol. The first-order valence-electron chi connectivity index (χ1n) is 5.58. The number of rotatable bonds is 3. The number of benzene rings is 1. The molecule has 0 bridgehead atoms. The van der Waals surface area contributed by atoms with E-state index in [0.29, 0.717) is 12.1 Å². The summed E-state index contributed by atoms with van der Waals surface area (Å²) in [6.07, 6.45) is 2.35. The van der Waals surface area contributed by atoms with Crippen molar-refractivity contribution in [3.05, 3.63) is 29.3 Å². The average molecular weight is 219 g/mol. The Morgan fingerprint density at radius 2 is 2.19 bits per heavy atom. The van der Waals surface area contributed by atoms with E-state index in [2.05, 4.69) is 12.2 Å². The zero-order chi connectivity index (χ0) is 11.8. The molecule has 0 aromatic heterocycles. The lowest BCUT2D eigenvalue weighted by molar-refractivity contribution is 0.0943. The summed E-state index contributed by atoms with van der Waals surface area (Å²) >= 11 is 0. The van der Waals surface area contributed by atoms with Crippen molar-refractivity contribution in [2.45, 2.75) is 26.7 Å². The number of carbonyl (C=O) groups is 1. The fraction of sp³-hybridized carbons (Fsp3) is 0.462. The molecule has 1 aliphatic carbocycles. The number of hydrogen-bond acceptors (Lipinski definition) is 2. The summed E-state index contributed by atoms with van der Waals surface area (Å²) in [6, 6.07) is 5.09. The van der Waals surface area contributed by atoms with E-state index in [-0.39, 0.29) is 17.1 Å². The van der Waals surface area contributed by atoms with E-state index in [9.17, 15) is 9.90 Å². The van der Waals surface area contributed by atoms with Gasteiger partial charge in [0, 0.05) is 6.54 Å². The normalized spacial score (nSPS) is 16.9. The number of carbonyl (C=O) groups excluding carboxylic acids is 1. The molecular weight excluding hydrogens is 202 g/mol. The highest BCUT2D eigenvalue weighted by molar-refractivity contribution is 5.96. The van der Waals surface area contributed by atoms with E-state index in [1.165, 1.54) is 12.8 Å². The first-order chi connectivity index (χ1) is 7.50. The van der Waals surface area contributed by atoms with E-state index in [1.807, 2.05) is 13.0 Å². The summed E-state index contributed by atoms with van der Waals surface area (Å²) < 4.78 is 0. The molecule has 2 N–H and O–H groups in total. The number of aryl methyl sites for hydroxylation is 1. The molecule has 0 saturated heterocycles. The molecule has 1 aliphatic rings. The molecule has 16 heavy (non-hydrogen) atoms. The van der Waals surface area contributed by atoms with Gasteiger partial charge in [-0.15, -0.1) is 0 Å². The second kappa shape index (κ2) is 3.81. The third-order valence-electron chi connectivity index (χ3n) is 3.18. The van der Waals surface area contributed by atoms with Crippen molar-refractivity contribution < 1.29 is 9.90 Å². The Bertz CT molecular complexity index is 422. The van der Waals surface area contributed by atoms with E-state index < -0.39 is 0 Å². The minimum atomic E-state index is -0.189. The van der Waals surface area contributed by atoms with E-state index in [0.717, 1.165) is 5.56 Å². The Morgan fingerprint density at radius 3 is 2.75 bits per heavy atom. The van der Waals surface area contributed by atoms with Gasteiger partial charge in [-0.2, -0.15) is 0 Å². The highest BCUT2D eigenvalue weighted by Gasteiger charge is 2.37. The monoisotopic (exact) mass is 219 g/mol. The first kappa shape index (κ1) is 11.0. The Labute approximate surface area is 95.5 Å². The van der Waals surface area contributed by atoms with Crippen LogP contribution in [0.5, 0.6) is 5.75 Å². The summed E-state index contributed by atoms with van der Waals surface area (Å²) in [5.74, 6) is -0.135. The lowest BCUT2D eigenvalue weighted by Gasteiger charge is -2.11. The minimum absolute atomic E-state index is 0.0541.